The van der Waals surface area contributed by atoms with Gasteiger partial charge in [-0.15, -0.1) is 0 Å². The Bertz CT molecular complexity index is 152. The summed E-state index contributed by atoms with van der Waals surface area (Å²) < 4.78 is 4.73. The molecule has 78 valence electrons. The van der Waals surface area contributed by atoms with Gasteiger partial charge in [0, 0.05) is 13.7 Å². The van der Waals surface area contributed by atoms with Crippen LogP contribution in [0.3, 0.4) is 0 Å². The summed E-state index contributed by atoms with van der Waals surface area (Å²) in [7, 11) is 1.53. The van der Waals surface area contributed by atoms with Crippen molar-refractivity contribution in [2.75, 3.05) is 20.3 Å². The summed E-state index contributed by atoms with van der Waals surface area (Å²) in [6, 6.07) is 0. The van der Waals surface area contributed by atoms with Gasteiger partial charge in [0.05, 0.1) is 18.0 Å². The van der Waals surface area contributed by atoms with E-state index < -0.39 is 6.10 Å². The van der Waals surface area contributed by atoms with Gasteiger partial charge in [0.15, 0.2) is 0 Å². The van der Waals surface area contributed by atoms with E-state index in [1.807, 2.05) is 0 Å². The number of rotatable bonds is 6. The number of hydrogen-bond donors (Lipinski definition) is 3. The molecule has 0 fully saturated rings. The van der Waals surface area contributed by atoms with Gasteiger partial charge in [-0.25, -0.2) is 0 Å². The Hall–Kier alpha value is -0.260. The number of hydrogen-bond acceptors (Lipinski definition) is 4. The van der Waals surface area contributed by atoms with Crippen LogP contribution in [0.1, 0.15) is 13.3 Å². The molecule has 5 heteroatoms. The van der Waals surface area contributed by atoms with Crippen molar-refractivity contribution in [1.29, 1.82) is 0 Å². The molecule has 0 bridgehead atoms. The average Bonchev–Trinajstić information content (AvgIpc) is 2.04. The molecule has 0 aliphatic heterocycles. The lowest BCUT2D eigenvalue weighted by molar-refractivity contribution is -0.120. The SMILES string of the molecule is COCC(O)CCNC(=O)C(C)S. The molecule has 13 heavy (non-hydrogen) atoms. The molecular formula is C8H17NO3S. The number of nitrogens with one attached hydrogen (secondary N) is 1. The summed E-state index contributed by atoms with van der Waals surface area (Å²) in [4.78, 5) is 11.0. The van der Waals surface area contributed by atoms with Crippen LogP contribution in [0.5, 0.6) is 0 Å². The molecular weight excluding hydrogens is 190 g/mol. The summed E-state index contributed by atoms with van der Waals surface area (Å²) in [6.07, 6.45) is -0.0133. The maximum Gasteiger partial charge on any atom is 0.232 e. The molecule has 0 aromatic carbocycles. The highest BCUT2D eigenvalue weighted by molar-refractivity contribution is 7.81. The van der Waals surface area contributed by atoms with Gasteiger partial charge >= 0.3 is 0 Å². The Kier molecular flexibility index (Phi) is 7.03. The van der Waals surface area contributed by atoms with E-state index in [2.05, 4.69) is 17.9 Å². The molecule has 2 N–H and O–H groups in total. The molecule has 0 aliphatic carbocycles. The molecule has 0 radical (unpaired) electrons. The van der Waals surface area contributed by atoms with Crippen molar-refractivity contribution in [3.8, 4) is 0 Å². The van der Waals surface area contributed by atoms with E-state index >= 15 is 0 Å². The third-order valence-corrected chi connectivity index (χ3v) is 1.75. The minimum atomic E-state index is -0.513. The zero-order chi connectivity index (χ0) is 10.3. The topological polar surface area (TPSA) is 58.6 Å². The number of methoxy groups -OCH3 is 1. The molecule has 0 aliphatic rings. The Morgan fingerprint density at radius 3 is 2.77 bits per heavy atom. The van der Waals surface area contributed by atoms with Gasteiger partial charge in [-0.1, -0.05) is 0 Å². The van der Waals surface area contributed by atoms with Crippen LogP contribution in [0.15, 0.2) is 0 Å². The van der Waals surface area contributed by atoms with Gasteiger partial charge in [0.25, 0.3) is 0 Å². The lowest BCUT2D eigenvalue weighted by Crippen LogP contribution is -2.32. The van der Waals surface area contributed by atoms with Crippen LogP contribution < -0.4 is 5.32 Å². The van der Waals surface area contributed by atoms with E-state index in [9.17, 15) is 9.90 Å². The zero-order valence-corrected chi connectivity index (χ0v) is 8.88. The summed E-state index contributed by atoms with van der Waals surface area (Å²) >= 11 is 3.96. The third-order valence-electron chi connectivity index (χ3n) is 1.52. The van der Waals surface area contributed by atoms with Gasteiger partial charge in [-0.05, 0) is 13.3 Å². The standard InChI is InChI=1S/C8H17NO3S/c1-6(13)8(11)9-4-3-7(10)5-12-2/h6-7,10,13H,3-5H2,1-2H3,(H,9,11). The second kappa shape index (κ2) is 7.17. The van der Waals surface area contributed by atoms with Crippen LogP contribution in [0, 0.1) is 0 Å². The lowest BCUT2D eigenvalue weighted by atomic mass is 10.2. The first-order valence-electron chi connectivity index (χ1n) is 4.20. The van der Waals surface area contributed by atoms with E-state index in [4.69, 9.17) is 4.74 Å². The van der Waals surface area contributed by atoms with E-state index in [0.717, 1.165) is 0 Å². The average molecular weight is 207 g/mol. The van der Waals surface area contributed by atoms with Crippen molar-refractivity contribution in [1.82, 2.24) is 5.32 Å². The predicted octanol–water partition coefficient (Wildman–Crippen LogP) is -0.182. The number of carbonyl (C=O) groups excluding carboxylic acids is 1. The van der Waals surface area contributed by atoms with Crippen LogP contribution in [0.4, 0.5) is 0 Å². The number of thiol groups is 1. The summed E-state index contributed by atoms with van der Waals surface area (Å²) in [6.45, 7) is 2.45. The van der Waals surface area contributed by atoms with Gasteiger partial charge < -0.3 is 15.2 Å². The molecule has 0 saturated carbocycles. The van der Waals surface area contributed by atoms with Crippen molar-refractivity contribution >= 4 is 18.5 Å². The monoisotopic (exact) mass is 207 g/mol. The molecule has 2 unspecified atom stereocenters. The van der Waals surface area contributed by atoms with Crippen LogP contribution in [-0.2, 0) is 9.53 Å². The zero-order valence-electron chi connectivity index (χ0n) is 7.99. The number of aliphatic hydroxyl groups excluding tert-OH is 1. The second-order valence-electron chi connectivity index (χ2n) is 2.86. The van der Waals surface area contributed by atoms with E-state index in [1.165, 1.54) is 7.11 Å². The Labute approximate surface area is 84.1 Å². The highest BCUT2D eigenvalue weighted by Crippen LogP contribution is 1.93. The van der Waals surface area contributed by atoms with Crippen LogP contribution in [0.2, 0.25) is 0 Å². The fourth-order valence-corrected chi connectivity index (χ4v) is 0.877. The molecule has 2 atom stereocenters. The Morgan fingerprint density at radius 2 is 2.31 bits per heavy atom. The third kappa shape index (κ3) is 6.86. The first-order valence-corrected chi connectivity index (χ1v) is 4.72. The quantitative estimate of drug-likeness (QED) is 0.529. The first kappa shape index (κ1) is 12.7. The Balaban J connectivity index is 3.39. The maximum atomic E-state index is 11.0. The van der Waals surface area contributed by atoms with Crippen molar-refractivity contribution in [3.05, 3.63) is 0 Å². The lowest BCUT2D eigenvalue weighted by Gasteiger charge is -2.10. The highest BCUT2D eigenvalue weighted by Gasteiger charge is 2.08. The molecule has 0 saturated heterocycles. The van der Waals surface area contributed by atoms with Crippen molar-refractivity contribution in [2.45, 2.75) is 24.7 Å². The predicted molar refractivity (Wildman–Crippen MR) is 54.0 cm³/mol. The van der Waals surface area contributed by atoms with Crippen molar-refractivity contribution in [2.24, 2.45) is 0 Å². The normalized spacial score (nSPS) is 15.1. The first-order chi connectivity index (χ1) is 6.07. The fraction of sp³-hybridized carbons (Fsp3) is 0.875. The molecule has 4 nitrogen and oxygen atoms in total. The van der Waals surface area contributed by atoms with E-state index in [0.29, 0.717) is 19.6 Å². The van der Waals surface area contributed by atoms with Crippen LogP contribution in [0.25, 0.3) is 0 Å². The maximum absolute atomic E-state index is 11.0. The summed E-state index contributed by atoms with van der Waals surface area (Å²) in [5, 5.41) is 11.5. The fourth-order valence-electron chi connectivity index (χ4n) is 0.785. The summed E-state index contributed by atoms with van der Waals surface area (Å²) in [5.74, 6) is -0.118. The number of ether oxygens (including phenoxy) is 1. The van der Waals surface area contributed by atoms with Gasteiger partial charge in [0.1, 0.15) is 0 Å². The molecule has 0 heterocycles. The number of amides is 1. The molecule has 0 aromatic heterocycles. The minimum absolute atomic E-state index is 0.118. The van der Waals surface area contributed by atoms with Crippen LogP contribution in [-0.4, -0.2) is 42.6 Å². The van der Waals surface area contributed by atoms with Crippen LogP contribution >= 0.6 is 12.6 Å². The molecule has 0 spiro atoms. The minimum Gasteiger partial charge on any atom is -0.391 e. The van der Waals surface area contributed by atoms with Crippen molar-refractivity contribution < 1.29 is 14.6 Å². The largest absolute Gasteiger partial charge is 0.391 e. The van der Waals surface area contributed by atoms with Gasteiger partial charge in [-0.3, -0.25) is 4.79 Å². The van der Waals surface area contributed by atoms with E-state index in [-0.39, 0.29) is 11.2 Å². The summed E-state index contributed by atoms with van der Waals surface area (Å²) in [5.41, 5.74) is 0. The smallest absolute Gasteiger partial charge is 0.232 e. The molecule has 0 aromatic rings. The van der Waals surface area contributed by atoms with Gasteiger partial charge in [-0.2, -0.15) is 12.6 Å². The molecule has 0 rings (SSSR count). The highest BCUT2D eigenvalue weighted by atomic mass is 32.1. The number of aliphatic hydroxyl groups is 1. The Morgan fingerprint density at radius 1 is 1.69 bits per heavy atom. The molecule has 1 amide bonds. The number of carbonyl (C=O) groups is 1. The van der Waals surface area contributed by atoms with Crippen molar-refractivity contribution in [3.63, 3.8) is 0 Å². The second-order valence-corrected chi connectivity index (χ2v) is 3.64. The van der Waals surface area contributed by atoms with Gasteiger partial charge in [0.2, 0.25) is 5.91 Å². The van der Waals surface area contributed by atoms with E-state index in [1.54, 1.807) is 6.92 Å².